The minimum atomic E-state index is -3.35. The van der Waals surface area contributed by atoms with E-state index in [2.05, 4.69) is 29.5 Å². The Morgan fingerprint density at radius 1 is 1.07 bits per heavy atom. The molecular weight excluding hydrogens is 487 g/mol. The normalized spacial score (nSPS) is 15.5. The van der Waals surface area contributed by atoms with Crippen molar-refractivity contribution in [2.45, 2.75) is 57.9 Å². The molecule has 0 amide bonds. The molecular formula is C20H35IN4O2S. The molecule has 0 saturated carbocycles. The Morgan fingerprint density at radius 2 is 1.68 bits per heavy atom. The number of guanidine groups is 1. The lowest BCUT2D eigenvalue weighted by Crippen LogP contribution is -2.39. The summed E-state index contributed by atoms with van der Waals surface area (Å²) in [5.41, 5.74) is 0.995. The highest BCUT2D eigenvalue weighted by atomic mass is 127. The third-order valence-corrected chi connectivity index (χ3v) is 7.02. The SMILES string of the molecule is CCNC(=NCc1ccc(S(=O)(=O)N2CCCC2)cc1)NCC(CC)CC.I. The number of hydrogen-bond acceptors (Lipinski definition) is 3. The van der Waals surface area contributed by atoms with Crippen LogP contribution < -0.4 is 10.6 Å². The highest BCUT2D eigenvalue weighted by molar-refractivity contribution is 14.0. The van der Waals surface area contributed by atoms with Crippen LogP contribution in [0.1, 0.15) is 52.0 Å². The van der Waals surface area contributed by atoms with Gasteiger partial charge in [0.2, 0.25) is 10.0 Å². The van der Waals surface area contributed by atoms with Crippen LogP contribution >= 0.6 is 24.0 Å². The second-order valence-corrected chi connectivity index (χ2v) is 8.95. The van der Waals surface area contributed by atoms with Gasteiger partial charge in [-0.15, -0.1) is 24.0 Å². The fourth-order valence-corrected chi connectivity index (χ4v) is 4.69. The van der Waals surface area contributed by atoms with Crippen molar-refractivity contribution < 1.29 is 8.42 Å². The summed E-state index contributed by atoms with van der Waals surface area (Å²) in [5.74, 6) is 1.45. The van der Waals surface area contributed by atoms with Crippen molar-refractivity contribution in [2.75, 3.05) is 26.2 Å². The molecule has 1 aliphatic heterocycles. The van der Waals surface area contributed by atoms with Crippen molar-refractivity contribution in [1.82, 2.24) is 14.9 Å². The topological polar surface area (TPSA) is 73.8 Å². The van der Waals surface area contributed by atoms with Gasteiger partial charge in [-0.05, 0) is 43.4 Å². The number of sulfonamides is 1. The quantitative estimate of drug-likeness (QED) is 0.296. The molecule has 2 rings (SSSR count). The molecule has 28 heavy (non-hydrogen) atoms. The predicted octanol–water partition coefficient (Wildman–Crippen LogP) is 3.58. The Hall–Kier alpha value is -0.870. The number of aliphatic imine (C=N–C) groups is 1. The lowest BCUT2D eigenvalue weighted by Gasteiger charge is -2.17. The summed E-state index contributed by atoms with van der Waals surface area (Å²) in [6.07, 6.45) is 4.19. The van der Waals surface area contributed by atoms with Crippen LogP contribution in [-0.4, -0.2) is 44.9 Å². The first-order valence-corrected chi connectivity index (χ1v) is 11.6. The molecule has 8 heteroatoms. The Kier molecular flexibility index (Phi) is 11.4. The second-order valence-electron chi connectivity index (χ2n) is 7.01. The van der Waals surface area contributed by atoms with Crippen molar-refractivity contribution in [3.63, 3.8) is 0 Å². The Labute approximate surface area is 187 Å². The molecule has 1 saturated heterocycles. The molecule has 1 aliphatic rings. The van der Waals surface area contributed by atoms with E-state index in [1.54, 1.807) is 16.4 Å². The number of rotatable bonds is 9. The summed E-state index contributed by atoms with van der Waals surface area (Å²) >= 11 is 0. The van der Waals surface area contributed by atoms with Crippen LogP contribution in [0.2, 0.25) is 0 Å². The van der Waals surface area contributed by atoms with E-state index in [1.807, 2.05) is 19.1 Å². The molecule has 1 fully saturated rings. The van der Waals surface area contributed by atoms with Crippen molar-refractivity contribution >= 4 is 40.0 Å². The zero-order chi connectivity index (χ0) is 19.7. The molecule has 160 valence electrons. The average molecular weight is 522 g/mol. The fourth-order valence-electron chi connectivity index (χ4n) is 3.17. The van der Waals surface area contributed by atoms with E-state index in [-0.39, 0.29) is 24.0 Å². The lowest BCUT2D eigenvalue weighted by atomic mass is 10.0. The van der Waals surface area contributed by atoms with Gasteiger partial charge < -0.3 is 10.6 Å². The summed E-state index contributed by atoms with van der Waals surface area (Å²) in [6, 6.07) is 7.11. The van der Waals surface area contributed by atoms with Crippen molar-refractivity contribution in [2.24, 2.45) is 10.9 Å². The molecule has 0 spiro atoms. The van der Waals surface area contributed by atoms with Gasteiger partial charge in [0.1, 0.15) is 0 Å². The summed E-state index contributed by atoms with van der Waals surface area (Å²) in [5, 5.41) is 6.67. The standard InChI is InChI=1S/C20H34N4O2S.HI/c1-4-17(5-2)15-22-20(21-6-3)23-16-18-9-11-19(12-10-18)27(25,26)24-13-7-8-14-24;/h9-12,17H,4-8,13-16H2,1-3H3,(H2,21,22,23);1H. The zero-order valence-electron chi connectivity index (χ0n) is 17.3. The van der Waals surface area contributed by atoms with Crippen molar-refractivity contribution in [3.8, 4) is 0 Å². The van der Waals surface area contributed by atoms with Gasteiger partial charge in [0.15, 0.2) is 5.96 Å². The third kappa shape index (κ3) is 7.18. The zero-order valence-corrected chi connectivity index (χ0v) is 20.4. The van der Waals surface area contributed by atoms with Crippen LogP contribution in [0.3, 0.4) is 0 Å². The van der Waals surface area contributed by atoms with E-state index >= 15 is 0 Å². The third-order valence-electron chi connectivity index (χ3n) is 5.10. The van der Waals surface area contributed by atoms with Gasteiger partial charge in [-0.1, -0.05) is 38.8 Å². The molecule has 0 atom stereocenters. The van der Waals surface area contributed by atoms with Crippen molar-refractivity contribution in [3.05, 3.63) is 29.8 Å². The molecule has 0 aliphatic carbocycles. The molecule has 0 bridgehead atoms. The van der Waals surface area contributed by atoms with Crippen LogP contribution in [0.15, 0.2) is 34.2 Å². The molecule has 0 aromatic heterocycles. The monoisotopic (exact) mass is 522 g/mol. The van der Waals surface area contributed by atoms with Gasteiger partial charge >= 0.3 is 0 Å². The van der Waals surface area contributed by atoms with Gasteiger partial charge in [-0.25, -0.2) is 13.4 Å². The summed E-state index contributed by atoms with van der Waals surface area (Å²) in [4.78, 5) is 5.00. The molecule has 0 unspecified atom stereocenters. The maximum Gasteiger partial charge on any atom is 0.243 e. The Bertz CT molecular complexity index is 697. The largest absolute Gasteiger partial charge is 0.357 e. The molecule has 2 N–H and O–H groups in total. The van der Waals surface area contributed by atoms with Gasteiger partial charge in [0.25, 0.3) is 0 Å². The predicted molar refractivity (Wildman–Crippen MR) is 127 cm³/mol. The van der Waals surface area contributed by atoms with E-state index in [1.165, 1.54) is 0 Å². The number of nitrogens with one attached hydrogen (secondary N) is 2. The molecule has 0 radical (unpaired) electrons. The van der Waals surface area contributed by atoms with Crippen LogP contribution in [0.4, 0.5) is 0 Å². The van der Waals surface area contributed by atoms with Gasteiger partial charge in [0.05, 0.1) is 11.4 Å². The highest BCUT2D eigenvalue weighted by Crippen LogP contribution is 2.21. The van der Waals surface area contributed by atoms with Crippen LogP contribution in [0.5, 0.6) is 0 Å². The summed E-state index contributed by atoms with van der Waals surface area (Å²) < 4.78 is 26.7. The van der Waals surface area contributed by atoms with E-state index in [0.717, 1.165) is 50.3 Å². The van der Waals surface area contributed by atoms with E-state index < -0.39 is 10.0 Å². The maximum absolute atomic E-state index is 12.6. The van der Waals surface area contributed by atoms with Crippen LogP contribution in [0, 0.1) is 5.92 Å². The first kappa shape index (κ1) is 25.2. The van der Waals surface area contributed by atoms with E-state index in [9.17, 15) is 8.42 Å². The fraction of sp³-hybridized carbons (Fsp3) is 0.650. The Morgan fingerprint density at radius 3 is 2.21 bits per heavy atom. The van der Waals surface area contributed by atoms with Gasteiger partial charge in [-0.2, -0.15) is 4.31 Å². The first-order valence-electron chi connectivity index (χ1n) is 10.1. The van der Waals surface area contributed by atoms with Crippen LogP contribution in [0.25, 0.3) is 0 Å². The Balaban J connectivity index is 0.00000392. The second kappa shape index (κ2) is 12.6. The maximum atomic E-state index is 12.6. The summed E-state index contributed by atoms with van der Waals surface area (Å²) in [6.45, 7) is 9.95. The first-order chi connectivity index (χ1) is 13.0. The number of hydrogen-bond donors (Lipinski definition) is 2. The van der Waals surface area contributed by atoms with Crippen LogP contribution in [-0.2, 0) is 16.6 Å². The number of benzene rings is 1. The van der Waals surface area contributed by atoms with E-state index in [4.69, 9.17) is 0 Å². The molecule has 1 aromatic rings. The minimum absolute atomic E-state index is 0. The smallest absolute Gasteiger partial charge is 0.243 e. The lowest BCUT2D eigenvalue weighted by molar-refractivity contribution is 0.477. The van der Waals surface area contributed by atoms with Crippen molar-refractivity contribution in [1.29, 1.82) is 0 Å². The van der Waals surface area contributed by atoms with E-state index in [0.29, 0.717) is 30.4 Å². The highest BCUT2D eigenvalue weighted by Gasteiger charge is 2.26. The van der Waals surface area contributed by atoms with Gasteiger partial charge in [0, 0.05) is 26.2 Å². The number of nitrogens with zero attached hydrogens (tertiary/aromatic N) is 2. The molecule has 1 aromatic carbocycles. The minimum Gasteiger partial charge on any atom is -0.357 e. The molecule has 1 heterocycles. The number of halogens is 1. The summed E-state index contributed by atoms with van der Waals surface area (Å²) in [7, 11) is -3.35. The van der Waals surface area contributed by atoms with Gasteiger partial charge in [-0.3, -0.25) is 0 Å². The molecule has 6 nitrogen and oxygen atoms in total. The average Bonchev–Trinajstić information content (AvgIpc) is 3.23.